The standard InChI is InChI=1S/C19H17N3O2/c23-19-15-24-13-4-3-9-21-17-7-2-1-6-16(17)14-20-10-12-22-11-5-8-18(19)22/h1-12,14H,13,15H2. The maximum Gasteiger partial charge on any atom is 0.205 e. The molecule has 2 aromatic rings. The van der Waals surface area contributed by atoms with E-state index in [2.05, 4.69) is 9.98 Å². The zero-order chi connectivity index (χ0) is 16.6. The van der Waals surface area contributed by atoms with Crippen LogP contribution in [-0.2, 0) is 4.74 Å². The number of nitrogens with zero attached hydrogens (tertiary/aromatic N) is 3. The average molecular weight is 319 g/mol. The summed E-state index contributed by atoms with van der Waals surface area (Å²) in [5, 5.41) is 0. The molecule has 24 heavy (non-hydrogen) atoms. The molecule has 0 saturated carbocycles. The molecule has 0 N–H and O–H groups in total. The Hall–Kier alpha value is -3.05. The number of ether oxygens (including phenoxy) is 1. The normalized spacial score (nSPS) is 15.2. The molecule has 3 rings (SSSR count). The minimum Gasteiger partial charge on any atom is -0.369 e. The van der Waals surface area contributed by atoms with Crippen molar-refractivity contribution in [3.8, 4) is 0 Å². The van der Waals surface area contributed by atoms with E-state index in [0.29, 0.717) is 12.3 Å². The molecule has 0 saturated heterocycles. The monoisotopic (exact) mass is 319 g/mol. The lowest BCUT2D eigenvalue weighted by Crippen LogP contribution is -2.12. The number of hydrogen-bond donors (Lipinski definition) is 0. The third-order valence-corrected chi connectivity index (χ3v) is 3.41. The van der Waals surface area contributed by atoms with E-state index in [4.69, 9.17) is 4.74 Å². The molecule has 0 amide bonds. The van der Waals surface area contributed by atoms with Gasteiger partial charge in [-0.25, -0.2) is 0 Å². The molecule has 5 nitrogen and oxygen atoms in total. The Bertz CT molecular complexity index is 829. The van der Waals surface area contributed by atoms with Gasteiger partial charge in [-0.2, -0.15) is 0 Å². The summed E-state index contributed by atoms with van der Waals surface area (Å²) in [5.74, 6) is -0.0758. The van der Waals surface area contributed by atoms with Gasteiger partial charge in [0.15, 0.2) is 0 Å². The van der Waals surface area contributed by atoms with Gasteiger partial charge in [0, 0.05) is 36.6 Å². The lowest BCUT2D eigenvalue weighted by atomic mass is 10.2. The van der Waals surface area contributed by atoms with E-state index in [9.17, 15) is 4.79 Å². The highest BCUT2D eigenvalue weighted by Crippen LogP contribution is 2.16. The molecule has 1 aromatic carbocycles. The molecule has 5 heteroatoms. The molecule has 120 valence electrons. The molecule has 1 aliphatic heterocycles. The van der Waals surface area contributed by atoms with Crippen LogP contribution >= 0.6 is 0 Å². The molecule has 0 bridgehead atoms. The van der Waals surface area contributed by atoms with Crippen LogP contribution in [0.5, 0.6) is 0 Å². The van der Waals surface area contributed by atoms with E-state index >= 15 is 0 Å². The minimum atomic E-state index is -0.0758. The molecule has 0 radical (unpaired) electrons. The van der Waals surface area contributed by atoms with Gasteiger partial charge in [0.05, 0.1) is 18.0 Å². The fourth-order valence-electron chi connectivity index (χ4n) is 2.24. The van der Waals surface area contributed by atoms with Crippen LogP contribution in [0.3, 0.4) is 0 Å². The third-order valence-electron chi connectivity index (χ3n) is 3.41. The Balaban J connectivity index is 1.92. The third kappa shape index (κ3) is 4.02. The number of rotatable bonds is 0. The first-order valence-electron chi connectivity index (χ1n) is 7.60. The molecule has 1 aliphatic rings. The van der Waals surface area contributed by atoms with Gasteiger partial charge in [-0.15, -0.1) is 0 Å². The van der Waals surface area contributed by atoms with Crippen LogP contribution in [0.15, 0.2) is 70.9 Å². The highest BCUT2D eigenvalue weighted by Gasteiger charge is 2.09. The molecular weight excluding hydrogens is 302 g/mol. The second kappa shape index (κ2) is 7.99. The number of hydrogen-bond acceptors (Lipinski definition) is 4. The van der Waals surface area contributed by atoms with Gasteiger partial charge in [-0.05, 0) is 24.3 Å². The van der Waals surface area contributed by atoms with Gasteiger partial charge in [-0.1, -0.05) is 24.3 Å². The van der Waals surface area contributed by atoms with Gasteiger partial charge in [0.2, 0.25) is 5.78 Å². The van der Waals surface area contributed by atoms with Crippen molar-refractivity contribution in [3.05, 3.63) is 72.2 Å². The fraction of sp³-hybridized carbons (Fsp3) is 0.105. The highest BCUT2D eigenvalue weighted by atomic mass is 16.5. The summed E-state index contributed by atoms with van der Waals surface area (Å²) >= 11 is 0. The van der Waals surface area contributed by atoms with Crippen molar-refractivity contribution in [3.63, 3.8) is 0 Å². The van der Waals surface area contributed by atoms with Crippen LogP contribution < -0.4 is 0 Å². The fourth-order valence-corrected chi connectivity index (χ4v) is 2.24. The van der Waals surface area contributed by atoms with Crippen LogP contribution in [-0.4, -0.2) is 36.0 Å². The first kappa shape index (κ1) is 15.8. The summed E-state index contributed by atoms with van der Waals surface area (Å²) < 4.78 is 7.11. The molecule has 0 fully saturated rings. The highest BCUT2D eigenvalue weighted by molar-refractivity contribution is 5.96. The van der Waals surface area contributed by atoms with Gasteiger partial charge in [0.25, 0.3) is 0 Å². The molecule has 0 spiro atoms. The summed E-state index contributed by atoms with van der Waals surface area (Å²) in [6.45, 7) is 0.392. The Labute approximate surface area is 140 Å². The predicted molar refractivity (Wildman–Crippen MR) is 96.2 cm³/mol. The smallest absolute Gasteiger partial charge is 0.205 e. The lowest BCUT2D eigenvalue weighted by molar-refractivity contribution is 0.0800. The second-order valence-corrected chi connectivity index (χ2v) is 5.08. The van der Waals surface area contributed by atoms with E-state index < -0.39 is 0 Å². The maximum absolute atomic E-state index is 12.2. The average Bonchev–Trinajstić information content (AvgIpc) is 3.06. The summed E-state index contributed by atoms with van der Waals surface area (Å²) in [6, 6.07) is 11.3. The number of Topliss-reactive ketones (excluding diaryl/α,β-unsaturated/α-hetero) is 1. The van der Waals surface area contributed by atoms with Crippen LogP contribution in [0.25, 0.3) is 6.20 Å². The molecule has 0 atom stereocenters. The first-order valence-corrected chi connectivity index (χ1v) is 7.60. The minimum absolute atomic E-state index is 0.0332. The number of aliphatic imine (C=N–C) groups is 2. The molecule has 2 heterocycles. The van der Waals surface area contributed by atoms with Crippen LogP contribution in [0.2, 0.25) is 0 Å². The number of para-hydroxylation sites is 1. The van der Waals surface area contributed by atoms with E-state index in [1.54, 1.807) is 47.7 Å². The quantitative estimate of drug-likeness (QED) is 0.746. The second-order valence-electron chi connectivity index (χ2n) is 5.08. The Morgan fingerprint density at radius 3 is 3.00 bits per heavy atom. The molecule has 1 aromatic heterocycles. The molecule has 0 unspecified atom stereocenters. The van der Waals surface area contributed by atoms with Crippen LogP contribution in [0, 0.1) is 0 Å². The first-order chi connectivity index (χ1) is 11.8. The topological polar surface area (TPSA) is 55.9 Å². The SMILES string of the molecule is O=C1COCC=CC=Nc2ccccc2C=NC=Cn2cccc21. The Kier molecular flexibility index (Phi) is 5.27. The number of aromatic nitrogens is 1. The summed E-state index contributed by atoms with van der Waals surface area (Å²) in [7, 11) is 0. The number of carbonyl (C=O) groups is 1. The zero-order valence-electron chi connectivity index (χ0n) is 13.1. The van der Waals surface area contributed by atoms with E-state index in [1.807, 2.05) is 36.4 Å². The van der Waals surface area contributed by atoms with E-state index in [-0.39, 0.29) is 12.4 Å². The van der Waals surface area contributed by atoms with E-state index in [1.165, 1.54) is 0 Å². The number of benzene rings is 1. The zero-order valence-corrected chi connectivity index (χ0v) is 13.1. The van der Waals surface area contributed by atoms with Crippen LogP contribution in [0.4, 0.5) is 5.69 Å². The van der Waals surface area contributed by atoms with Crippen molar-refractivity contribution < 1.29 is 9.53 Å². The summed E-state index contributed by atoms with van der Waals surface area (Å²) in [5.41, 5.74) is 2.32. The Morgan fingerprint density at radius 1 is 1.12 bits per heavy atom. The molecular formula is C19H17N3O2. The number of carbonyl (C=O) groups excluding carboxylic acids is 1. The van der Waals surface area contributed by atoms with Crippen molar-refractivity contribution in [2.75, 3.05) is 13.2 Å². The summed E-state index contributed by atoms with van der Waals surface area (Å²) in [6.07, 6.45) is 12.2. The largest absolute Gasteiger partial charge is 0.369 e. The van der Waals surface area contributed by atoms with Crippen molar-refractivity contribution in [1.29, 1.82) is 0 Å². The maximum atomic E-state index is 12.2. The molecule has 0 aliphatic carbocycles. The van der Waals surface area contributed by atoms with Crippen molar-refractivity contribution in [2.45, 2.75) is 0 Å². The van der Waals surface area contributed by atoms with Crippen molar-refractivity contribution >= 4 is 30.1 Å². The summed E-state index contributed by atoms with van der Waals surface area (Å²) in [4.78, 5) is 20.8. The number of fused-ring (bicyclic) bond motifs is 2. The van der Waals surface area contributed by atoms with Crippen LogP contribution in [0.1, 0.15) is 16.1 Å². The lowest BCUT2D eigenvalue weighted by Gasteiger charge is -2.03. The predicted octanol–water partition coefficient (Wildman–Crippen LogP) is 3.51. The van der Waals surface area contributed by atoms with E-state index in [0.717, 1.165) is 11.3 Å². The van der Waals surface area contributed by atoms with Crippen molar-refractivity contribution in [1.82, 2.24) is 4.57 Å². The van der Waals surface area contributed by atoms with Gasteiger partial charge in [0.1, 0.15) is 6.61 Å². The van der Waals surface area contributed by atoms with Gasteiger partial charge in [-0.3, -0.25) is 14.8 Å². The number of ketones is 1. The van der Waals surface area contributed by atoms with Gasteiger partial charge >= 0.3 is 0 Å². The number of allylic oxidation sites excluding steroid dienone is 1. The van der Waals surface area contributed by atoms with Crippen molar-refractivity contribution in [2.24, 2.45) is 9.98 Å². The Morgan fingerprint density at radius 2 is 2.04 bits per heavy atom. The van der Waals surface area contributed by atoms with Gasteiger partial charge < -0.3 is 9.30 Å².